The van der Waals surface area contributed by atoms with E-state index in [-0.39, 0.29) is 12.5 Å². The zero-order chi connectivity index (χ0) is 10.6. The summed E-state index contributed by atoms with van der Waals surface area (Å²) in [6.45, 7) is 1.92. The van der Waals surface area contributed by atoms with E-state index in [0.717, 1.165) is 11.1 Å². The second-order valence-corrected chi connectivity index (χ2v) is 3.42. The maximum absolute atomic E-state index is 10.3. The highest BCUT2D eigenvalue weighted by atomic mass is 16.4. The van der Waals surface area contributed by atoms with Crippen molar-refractivity contribution in [1.29, 1.82) is 0 Å². The lowest BCUT2D eigenvalue weighted by Crippen LogP contribution is -2.04. The lowest BCUT2D eigenvalue weighted by atomic mass is 10.0. The van der Waals surface area contributed by atoms with E-state index >= 15 is 0 Å². The number of hydrogen-bond donors (Lipinski definition) is 2. The summed E-state index contributed by atoms with van der Waals surface area (Å²) in [5.74, 6) is -0.763. The largest absolute Gasteiger partial charge is 0.481 e. The van der Waals surface area contributed by atoms with Crippen LogP contribution in [-0.2, 0) is 11.2 Å². The minimum Gasteiger partial charge on any atom is -0.481 e. The van der Waals surface area contributed by atoms with Crippen LogP contribution in [0, 0.1) is 0 Å². The SMILES string of the molecule is CC(N)c1ccc(CCC(=O)O)cc1. The van der Waals surface area contributed by atoms with E-state index in [4.69, 9.17) is 10.8 Å². The standard InChI is InChI=1S/C11H15NO2/c1-8(12)10-5-2-9(3-6-10)4-7-11(13)14/h2-3,5-6,8H,4,7,12H2,1H3,(H,13,14). The molecule has 3 heteroatoms. The molecule has 0 amide bonds. The fourth-order valence-electron chi connectivity index (χ4n) is 1.24. The fraction of sp³-hybridized carbons (Fsp3) is 0.364. The zero-order valence-electron chi connectivity index (χ0n) is 8.23. The van der Waals surface area contributed by atoms with Crippen molar-refractivity contribution in [3.8, 4) is 0 Å². The first-order valence-corrected chi connectivity index (χ1v) is 4.66. The van der Waals surface area contributed by atoms with Crippen molar-refractivity contribution >= 4 is 5.97 Å². The van der Waals surface area contributed by atoms with E-state index in [9.17, 15) is 4.79 Å². The Hall–Kier alpha value is -1.35. The first kappa shape index (κ1) is 10.7. The molecule has 1 atom stereocenters. The predicted molar refractivity (Wildman–Crippen MR) is 55.0 cm³/mol. The van der Waals surface area contributed by atoms with Gasteiger partial charge in [0, 0.05) is 12.5 Å². The Morgan fingerprint density at radius 1 is 1.43 bits per heavy atom. The molecule has 0 aliphatic rings. The van der Waals surface area contributed by atoms with E-state index < -0.39 is 5.97 Å². The monoisotopic (exact) mass is 193 g/mol. The Labute approximate surface area is 83.6 Å². The minimum absolute atomic E-state index is 0.0310. The molecular formula is C11H15NO2. The molecule has 1 unspecified atom stereocenters. The lowest BCUT2D eigenvalue weighted by Gasteiger charge is -2.06. The van der Waals surface area contributed by atoms with Gasteiger partial charge >= 0.3 is 5.97 Å². The van der Waals surface area contributed by atoms with Crippen LogP contribution in [0.3, 0.4) is 0 Å². The third-order valence-electron chi connectivity index (χ3n) is 2.13. The summed E-state index contributed by atoms with van der Waals surface area (Å²) in [6, 6.07) is 7.79. The van der Waals surface area contributed by atoms with Crippen LogP contribution in [0.2, 0.25) is 0 Å². The van der Waals surface area contributed by atoms with Crippen molar-refractivity contribution < 1.29 is 9.90 Å². The maximum atomic E-state index is 10.3. The topological polar surface area (TPSA) is 63.3 Å². The number of aliphatic carboxylic acids is 1. The summed E-state index contributed by atoms with van der Waals surface area (Å²) in [7, 11) is 0. The average molecular weight is 193 g/mol. The molecule has 76 valence electrons. The van der Waals surface area contributed by atoms with Gasteiger partial charge in [0.25, 0.3) is 0 Å². The van der Waals surface area contributed by atoms with Crippen molar-refractivity contribution in [2.45, 2.75) is 25.8 Å². The molecule has 0 heterocycles. The second kappa shape index (κ2) is 4.77. The summed E-state index contributed by atoms with van der Waals surface area (Å²) < 4.78 is 0. The second-order valence-electron chi connectivity index (χ2n) is 3.42. The van der Waals surface area contributed by atoms with Gasteiger partial charge in [-0.05, 0) is 24.5 Å². The van der Waals surface area contributed by atoms with Crippen LogP contribution in [0.15, 0.2) is 24.3 Å². The fourth-order valence-corrected chi connectivity index (χ4v) is 1.24. The minimum atomic E-state index is -0.763. The summed E-state index contributed by atoms with van der Waals surface area (Å²) in [5, 5.41) is 8.50. The van der Waals surface area contributed by atoms with E-state index in [0.29, 0.717) is 6.42 Å². The van der Waals surface area contributed by atoms with E-state index in [2.05, 4.69) is 0 Å². The van der Waals surface area contributed by atoms with Crippen LogP contribution in [0.4, 0.5) is 0 Å². The maximum Gasteiger partial charge on any atom is 0.303 e. The van der Waals surface area contributed by atoms with Gasteiger partial charge in [-0.15, -0.1) is 0 Å². The molecule has 0 spiro atoms. The molecule has 1 aromatic carbocycles. The lowest BCUT2D eigenvalue weighted by molar-refractivity contribution is -0.136. The molecule has 0 saturated heterocycles. The Morgan fingerprint density at radius 2 is 2.00 bits per heavy atom. The molecule has 0 aliphatic heterocycles. The highest BCUT2D eigenvalue weighted by molar-refractivity contribution is 5.67. The molecule has 3 N–H and O–H groups in total. The van der Waals surface area contributed by atoms with Gasteiger partial charge in [0.15, 0.2) is 0 Å². The first-order chi connectivity index (χ1) is 6.59. The Bertz CT molecular complexity index is 304. The summed E-state index contributed by atoms with van der Waals surface area (Å²) in [5.41, 5.74) is 7.80. The van der Waals surface area contributed by atoms with Crippen LogP contribution in [0.25, 0.3) is 0 Å². The Balaban J connectivity index is 2.59. The molecule has 0 saturated carbocycles. The molecule has 0 fully saturated rings. The van der Waals surface area contributed by atoms with E-state index in [1.54, 1.807) is 0 Å². The van der Waals surface area contributed by atoms with Gasteiger partial charge in [-0.3, -0.25) is 4.79 Å². The number of carboxylic acid groups (broad SMARTS) is 1. The number of benzene rings is 1. The molecule has 0 radical (unpaired) electrons. The summed E-state index contributed by atoms with van der Waals surface area (Å²) in [6.07, 6.45) is 0.756. The third-order valence-corrected chi connectivity index (χ3v) is 2.13. The first-order valence-electron chi connectivity index (χ1n) is 4.66. The number of aryl methyl sites for hydroxylation is 1. The Morgan fingerprint density at radius 3 is 2.43 bits per heavy atom. The number of rotatable bonds is 4. The third kappa shape index (κ3) is 3.18. The predicted octanol–water partition coefficient (Wildman–Crippen LogP) is 1.72. The molecule has 0 aliphatic carbocycles. The van der Waals surface area contributed by atoms with Crippen molar-refractivity contribution in [3.63, 3.8) is 0 Å². The van der Waals surface area contributed by atoms with E-state index in [1.165, 1.54) is 0 Å². The molecule has 14 heavy (non-hydrogen) atoms. The average Bonchev–Trinajstić information content (AvgIpc) is 2.15. The molecule has 3 nitrogen and oxygen atoms in total. The molecular weight excluding hydrogens is 178 g/mol. The van der Waals surface area contributed by atoms with Gasteiger partial charge in [0.2, 0.25) is 0 Å². The summed E-state index contributed by atoms with van der Waals surface area (Å²) in [4.78, 5) is 10.3. The number of carboxylic acids is 1. The van der Waals surface area contributed by atoms with E-state index in [1.807, 2.05) is 31.2 Å². The van der Waals surface area contributed by atoms with Crippen molar-refractivity contribution in [2.75, 3.05) is 0 Å². The number of nitrogens with two attached hydrogens (primary N) is 1. The van der Waals surface area contributed by atoms with Gasteiger partial charge in [-0.2, -0.15) is 0 Å². The van der Waals surface area contributed by atoms with Gasteiger partial charge < -0.3 is 10.8 Å². The van der Waals surface area contributed by atoms with Gasteiger partial charge in [-0.25, -0.2) is 0 Å². The quantitative estimate of drug-likeness (QED) is 0.765. The smallest absolute Gasteiger partial charge is 0.303 e. The van der Waals surface area contributed by atoms with Gasteiger partial charge in [0.05, 0.1) is 0 Å². The molecule has 0 aromatic heterocycles. The van der Waals surface area contributed by atoms with Crippen molar-refractivity contribution in [2.24, 2.45) is 5.73 Å². The molecule has 1 aromatic rings. The zero-order valence-corrected chi connectivity index (χ0v) is 8.23. The van der Waals surface area contributed by atoms with Crippen molar-refractivity contribution in [3.05, 3.63) is 35.4 Å². The van der Waals surface area contributed by atoms with Crippen LogP contribution in [0.5, 0.6) is 0 Å². The highest BCUT2D eigenvalue weighted by Gasteiger charge is 2.01. The van der Waals surface area contributed by atoms with Crippen LogP contribution >= 0.6 is 0 Å². The Kier molecular flexibility index (Phi) is 3.65. The van der Waals surface area contributed by atoms with Crippen LogP contribution < -0.4 is 5.73 Å². The van der Waals surface area contributed by atoms with Crippen LogP contribution in [0.1, 0.15) is 30.5 Å². The molecule has 0 bridgehead atoms. The highest BCUT2D eigenvalue weighted by Crippen LogP contribution is 2.11. The van der Waals surface area contributed by atoms with Crippen LogP contribution in [-0.4, -0.2) is 11.1 Å². The van der Waals surface area contributed by atoms with Gasteiger partial charge in [-0.1, -0.05) is 24.3 Å². The number of hydrogen-bond acceptors (Lipinski definition) is 2. The van der Waals surface area contributed by atoms with Gasteiger partial charge in [0.1, 0.15) is 0 Å². The number of carbonyl (C=O) groups is 1. The normalized spacial score (nSPS) is 12.4. The molecule has 1 rings (SSSR count). The summed E-state index contributed by atoms with van der Waals surface area (Å²) >= 11 is 0. The van der Waals surface area contributed by atoms with Crippen molar-refractivity contribution in [1.82, 2.24) is 0 Å².